The number of hydrogen-bond donors (Lipinski definition) is 1. The Balaban J connectivity index is 0.00000144. The molecule has 0 aliphatic carbocycles. The van der Waals surface area contributed by atoms with Gasteiger partial charge in [-0.05, 0) is 12.8 Å². The van der Waals surface area contributed by atoms with E-state index in [0.717, 1.165) is 26.0 Å². The van der Waals surface area contributed by atoms with Gasteiger partial charge in [0.2, 0.25) is 0 Å². The molecule has 6 heteroatoms. The largest absolute Gasteiger partial charge is 0.376 e. The van der Waals surface area contributed by atoms with Gasteiger partial charge in [-0.25, -0.2) is 0 Å². The molecule has 17 heavy (non-hydrogen) atoms. The summed E-state index contributed by atoms with van der Waals surface area (Å²) in [5, 5.41) is 3.16. The Morgan fingerprint density at radius 3 is 2.82 bits per heavy atom. The Morgan fingerprint density at radius 2 is 2.24 bits per heavy atom. The van der Waals surface area contributed by atoms with Crippen LogP contribution in [-0.4, -0.2) is 62.9 Å². The number of carbonyl (C=O) groups is 1. The minimum atomic E-state index is -0.319. The lowest BCUT2D eigenvalue weighted by atomic mass is 10.2. The fraction of sp³-hybridized carbons (Fsp3) is 0.909. The summed E-state index contributed by atoms with van der Waals surface area (Å²) >= 11 is 0. The van der Waals surface area contributed by atoms with Gasteiger partial charge in [0.1, 0.15) is 6.10 Å². The quantitative estimate of drug-likeness (QED) is 0.782. The zero-order chi connectivity index (χ0) is 11.4. The predicted octanol–water partition coefficient (Wildman–Crippen LogP) is 0.0340. The van der Waals surface area contributed by atoms with Gasteiger partial charge in [0.15, 0.2) is 0 Å². The molecule has 0 aromatic carbocycles. The molecule has 0 aromatic heterocycles. The topological polar surface area (TPSA) is 50.8 Å². The van der Waals surface area contributed by atoms with E-state index in [4.69, 9.17) is 9.47 Å². The van der Waals surface area contributed by atoms with Crippen molar-refractivity contribution in [3.05, 3.63) is 0 Å². The molecule has 1 amide bonds. The van der Waals surface area contributed by atoms with Gasteiger partial charge in [0, 0.05) is 33.3 Å². The lowest BCUT2D eigenvalue weighted by Crippen LogP contribution is -2.49. The first kappa shape index (κ1) is 14.7. The molecule has 0 spiro atoms. The molecule has 1 N–H and O–H groups in total. The second-order valence-corrected chi connectivity index (χ2v) is 4.42. The third-order valence-corrected chi connectivity index (χ3v) is 3.08. The minimum Gasteiger partial charge on any atom is -0.376 e. The second-order valence-electron chi connectivity index (χ2n) is 4.42. The van der Waals surface area contributed by atoms with Crippen LogP contribution in [0, 0.1) is 0 Å². The summed E-state index contributed by atoms with van der Waals surface area (Å²) in [7, 11) is 1.82. The van der Waals surface area contributed by atoms with Gasteiger partial charge in [0.25, 0.3) is 5.91 Å². The lowest BCUT2D eigenvalue weighted by Gasteiger charge is -2.28. The Morgan fingerprint density at radius 1 is 1.41 bits per heavy atom. The first-order chi connectivity index (χ1) is 7.77. The number of amides is 1. The zero-order valence-corrected chi connectivity index (χ0v) is 11.0. The average Bonchev–Trinajstić information content (AvgIpc) is 2.82. The molecule has 2 heterocycles. The van der Waals surface area contributed by atoms with Gasteiger partial charge in [-0.15, -0.1) is 12.4 Å². The van der Waals surface area contributed by atoms with Crippen LogP contribution < -0.4 is 5.32 Å². The van der Waals surface area contributed by atoms with Crippen molar-refractivity contribution in [2.45, 2.75) is 25.0 Å². The summed E-state index contributed by atoms with van der Waals surface area (Å²) in [6.07, 6.45) is 2.06. The molecule has 5 nitrogen and oxygen atoms in total. The summed E-state index contributed by atoms with van der Waals surface area (Å²) in [6, 6.07) is 0. The third-order valence-electron chi connectivity index (χ3n) is 3.08. The van der Waals surface area contributed by atoms with Crippen LogP contribution in [0.2, 0.25) is 0 Å². The van der Waals surface area contributed by atoms with E-state index >= 15 is 0 Å². The highest BCUT2D eigenvalue weighted by atomic mass is 35.5. The van der Waals surface area contributed by atoms with Gasteiger partial charge in [0.05, 0.1) is 12.7 Å². The van der Waals surface area contributed by atoms with Crippen LogP contribution in [0.15, 0.2) is 0 Å². The first-order valence-electron chi connectivity index (χ1n) is 5.96. The summed E-state index contributed by atoms with van der Waals surface area (Å²) in [6.45, 7) is 3.57. The van der Waals surface area contributed by atoms with Crippen molar-refractivity contribution < 1.29 is 14.3 Å². The number of morpholine rings is 1. The number of ether oxygens (including phenoxy) is 2. The molecule has 2 fully saturated rings. The Labute approximate surface area is 108 Å². The zero-order valence-electron chi connectivity index (χ0n) is 10.2. The fourth-order valence-corrected chi connectivity index (χ4v) is 2.15. The number of nitrogens with one attached hydrogen (secondary N) is 1. The van der Waals surface area contributed by atoms with Crippen molar-refractivity contribution in [1.29, 1.82) is 0 Å². The monoisotopic (exact) mass is 264 g/mol. The Bertz CT molecular complexity index is 241. The Hall–Kier alpha value is -0.360. The molecular formula is C11H21ClN2O3. The molecule has 0 bridgehead atoms. The van der Waals surface area contributed by atoms with Crippen molar-refractivity contribution in [2.24, 2.45) is 0 Å². The highest BCUT2D eigenvalue weighted by Gasteiger charge is 2.27. The van der Waals surface area contributed by atoms with Crippen molar-refractivity contribution in [2.75, 3.05) is 39.9 Å². The van der Waals surface area contributed by atoms with Crippen molar-refractivity contribution >= 4 is 18.3 Å². The van der Waals surface area contributed by atoms with Gasteiger partial charge >= 0.3 is 0 Å². The summed E-state index contributed by atoms with van der Waals surface area (Å²) in [5.41, 5.74) is 0. The van der Waals surface area contributed by atoms with Gasteiger partial charge in [-0.2, -0.15) is 0 Å². The van der Waals surface area contributed by atoms with E-state index in [0.29, 0.717) is 19.7 Å². The van der Waals surface area contributed by atoms with Crippen LogP contribution in [0.5, 0.6) is 0 Å². The minimum absolute atomic E-state index is 0. The van der Waals surface area contributed by atoms with Gasteiger partial charge in [-0.1, -0.05) is 0 Å². The molecule has 2 unspecified atom stereocenters. The summed E-state index contributed by atoms with van der Waals surface area (Å²) < 4.78 is 10.9. The van der Waals surface area contributed by atoms with Crippen LogP contribution >= 0.6 is 12.4 Å². The number of nitrogens with zero attached hydrogens (tertiary/aromatic N) is 1. The van der Waals surface area contributed by atoms with Crippen molar-refractivity contribution in [3.8, 4) is 0 Å². The van der Waals surface area contributed by atoms with Crippen LogP contribution in [0.4, 0.5) is 0 Å². The van der Waals surface area contributed by atoms with Crippen molar-refractivity contribution in [1.82, 2.24) is 10.2 Å². The standard InChI is InChI=1S/C11H20N2O3.ClH/c1-13(8-9-3-2-5-15-9)11(14)10-7-12-4-6-16-10;/h9-10,12H,2-8H2,1H3;1H. The van der Waals surface area contributed by atoms with Crippen molar-refractivity contribution in [3.63, 3.8) is 0 Å². The fourth-order valence-electron chi connectivity index (χ4n) is 2.15. The molecule has 100 valence electrons. The van der Waals surface area contributed by atoms with Crippen LogP contribution in [0.25, 0.3) is 0 Å². The Kier molecular flexibility index (Phi) is 6.19. The molecule has 2 saturated heterocycles. The van der Waals surface area contributed by atoms with E-state index < -0.39 is 0 Å². The SMILES string of the molecule is CN(CC1CCCO1)C(=O)C1CNCCO1.Cl. The highest BCUT2D eigenvalue weighted by Crippen LogP contribution is 2.13. The maximum Gasteiger partial charge on any atom is 0.252 e. The van der Waals surface area contributed by atoms with E-state index in [2.05, 4.69) is 5.32 Å². The smallest absolute Gasteiger partial charge is 0.252 e. The molecule has 0 aromatic rings. The van der Waals surface area contributed by atoms with E-state index in [1.54, 1.807) is 4.90 Å². The summed E-state index contributed by atoms with van der Waals surface area (Å²) in [5.74, 6) is 0.0581. The first-order valence-corrected chi connectivity index (χ1v) is 5.96. The second kappa shape index (κ2) is 7.16. The summed E-state index contributed by atoms with van der Waals surface area (Å²) in [4.78, 5) is 13.7. The molecular weight excluding hydrogens is 244 g/mol. The molecule has 0 saturated carbocycles. The van der Waals surface area contributed by atoms with E-state index in [-0.39, 0.29) is 30.5 Å². The number of likely N-dealkylation sites (N-methyl/N-ethyl adjacent to an activating group) is 1. The van der Waals surface area contributed by atoms with Crippen LogP contribution in [0.3, 0.4) is 0 Å². The van der Waals surface area contributed by atoms with Crippen LogP contribution in [-0.2, 0) is 14.3 Å². The normalized spacial score (nSPS) is 28.5. The number of hydrogen-bond acceptors (Lipinski definition) is 4. The molecule has 0 radical (unpaired) electrons. The molecule has 2 aliphatic rings. The van der Waals surface area contributed by atoms with E-state index in [9.17, 15) is 4.79 Å². The number of halogens is 1. The maximum absolute atomic E-state index is 12.0. The highest BCUT2D eigenvalue weighted by molar-refractivity contribution is 5.85. The number of carbonyl (C=O) groups excluding carboxylic acids is 1. The third kappa shape index (κ3) is 4.10. The molecule has 2 atom stereocenters. The van der Waals surface area contributed by atoms with E-state index in [1.165, 1.54) is 0 Å². The van der Waals surface area contributed by atoms with E-state index in [1.807, 2.05) is 7.05 Å². The maximum atomic E-state index is 12.0. The predicted molar refractivity (Wildman–Crippen MR) is 66.5 cm³/mol. The molecule has 2 rings (SSSR count). The van der Waals surface area contributed by atoms with Gasteiger partial charge < -0.3 is 19.7 Å². The average molecular weight is 265 g/mol. The van der Waals surface area contributed by atoms with Gasteiger partial charge in [-0.3, -0.25) is 4.79 Å². The van der Waals surface area contributed by atoms with Crippen LogP contribution in [0.1, 0.15) is 12.8 Å². The molecule has 2 aliphatic heterocycles. The lowest BCUT2D eigenvalue weighted by molar-refractivity contribution is -0.145. The number of rotatable bonds is 3.